The number of furan rings is 1. The molecule has 1 aromatic rings. The van der Waals surface area contributed by atoms with Crippen molar-refractivity contribution < 1.29 is 4.42 Å². The zero-order chi connectivity index (χ0) is 10.7. The van der Waals surface area contributed by atoms with Crippen molar-refractivity contribution in [1.29, 1.82) is 0 Å². The summed E-state index contributed by atoms with van der Waals surface area (Å²) >= 11 is 1.95. The van der Waals surface area contributed by atoms with Gasteiger partial charge >= 0.3 is 0 Å². The molecular formula is C12H19NOS. The summed E-state index contributed by atoms with van der Waals surface area (Å²) in [7, 11) is 0. The summed E-state index contributed by atoms with van der Waals surface area (Å²) in [5, 5.41) is 0. The molecular weight excluding hydrogens is 206 g/mol. The van der Waals surface area contributed by atoms with Gasteiger partial charge in [0.1, 0.15) is 5.76 Å². The maximum Gasteiger partial charge on any atom is 0.116 e. The van der Waals surface area contributed by atoms with E-state index in [2.05, 4.69) is 6.92 Å². The molecule has 1 aliphatic carbocycles. The molecule has 15 heavy (non-hydrogen) atoms. The molecule has 1 atom stereocenters. The largest absolute Gasteiger partial charge is 0.468 e. The second-order valence-corrected chi connectivity index (χ2v) is 5.41. The van der Waals surface area contributed by atoms with Crippen LogP contribution in [0.3, 0.4) is 0 Å². The van der Waals surface area contributed by atoms with Crippen LogP contribution in [0.2, 0.25) is 0 Å². The first-order valence-corrected chi connectivity index (χ1v) is 6.77. The van der Waals surface area contributed by atoms with Crippen molar-refractivity contribution in [1.82, 2.24) is 0 Å². The van der Waals surface area contributed by atoms with Crippen LogP contribution in [0.15, 0.2) is 16.7 Å². The van der Waals surface area contributed by atoms with Gasteiger partial charge in [-0.05, 0) is 55.5 Å². The van der Waals surface area contributed by atoms with Crippen LogP contribution in [-0.2, 0) is 5.75 Å². The summed E-state index contributed by atoms with van der Waals surface area (Å²) in [6.45, 7) is 2.94. The van der Waals surface area contributed by atoms with Gasteiger partial charge in [-0.15, -0.1) is 0 Å². The topological polar surface area (TPSA) is 39.2 Å². The zero-order valence-electron chi connectivity index (χ0n) is 9.24. The average Bonchev–Trinajstić information content (AvgIpc) is 2.99. The quantitative estimate of drug-likeness (QED) is 0.809. The maximum absolute atomic E-state index is 5.77. The molecule has 1 unspecified atom stereocenters. The first-order valence-electron chi connectivity index (χ1n) is 5.62. The predicted octanol–water partition coefficient (Wildman–Crippen LogP) is 2.81. The lowest BCUT2D eigenvalue weighted by Gasteiger charge is -2.12. The van der Waals surface area contributed by atoms with Gasteiger partial charge < -0.3 is 10.2 Å². The van der Waals surface area contributed by atoms with Crippen LogP contribution < -0.4 is 5.73 Å². The Morgan fingerprint density at radius 3 is 2.93 bits per heavy atom. The average molecular weight is 225 g/mol. The van der Waals surface area contributed by atoms with Crippen LogP contribution in [0.5, 0.6) is 0 Å². The monoisotopic (exact) mass is 225 g/mol. The lowest BCUT2D eigenvalue weighted by Crippen LogP contribution is -2.18. The third-order valence-electron chi connectivity index (χ3n) is 3.12. The lowest BCUT2D eigenvalue weighted by atomic mass is 10.1. The van der Waals surface area contributed by atoms with Gasteiger partial charge in [-0.2, -0.15) is 11.8 Å². The Morgan fingerprint density at radius 2 is 2.40 bits per heavy atom. The molecule has 0 aliphatic heterocycles. The van der Waals surface area contributed by atoms with E-state index < -0.39 is 0 Å². The highest BCUT2D eigenvalue weighted by atomic mass is 32.2. The molecule has 0 saturated heterocycles. The summed E-state index contributed by atoms with van der Waals surface area (Å²) < 4.78 is 5.40. The predicted molar refractivity (Wildman–Crippen MR) is 64.9 cm³/mol. The van der Waals surface area contributed by atoms with Crippen LogP contribution in [-0.4, -0.2) is 12.3 Å². The van der Waals surface area contributed by atoms with Gasteiger partial charge in [-0.25, -0.2) is 0 Å². The first kappa shape index (κ1) is 11.1. The van der Waals surface area contributed by atoms with E-state index >= 15 is 0 Å². The molecule has 3 heteroatoms. The van der Waals surface area contributed by atoms with E-state index in [4.69, 9.17) is 10.2 Å². The third-order valence-corrected chi connectivity index (χ3v) is 4.25. The Bertz CT molecular complexity index is 306. The minimum atomic E-state index is 0.727. The molecule has 2 N–H and O–H groups in total. The minimum Gasteiger partial charge on any atom is -0.468 e. The molecule has 84 valence electrons. The summed E-state index contributed by atoms with van der Waals surface area (Å²) in [5.41, 5.74) is 7.03. The Morgan fingerprint density at radius 1 is 1.60 bits per heavy atom. The molecule has 1 heterocycles. The van der Waals surface area contributed by atoms with Crippen LogP contribution in [0, 0.1) is 18.8 Å². The minimum absolute atomic E-state index is 0.727. The maximum atomic E-state index is 5.77. The Labute approximate surface area is 95.6 Å². The highest BCUT2D eigenvalue weighted by Crippen LogP contribution is 2.38. The van der Waals surface area contributed by atoms with Gasteiger partial charge in [0.15, 0.2) is 0 Å². The molecule has 0 amide bonds. The van der Waals surface area contributed by atoms with Gasteiger partial charge in [0.25, 0.3) is 0 Å². The molecule has 0 spiro atoms. The SMILES string of the molecule is Cc1ccoc1CSCC(CN)C1CC1. The molecule has 0 aromatic carbocycles. The van der Waals surface area contributed by atoms with Gasteiger partial charge in [-0.1, -0.05) is 0 Å². The molecule has 0 bridgehead atoms. The fraction of sp³-hybridized carbons (Fsp3) is 0.667. The second kappa shape index (κ2) is 5.08. The van der Waals surface area contributed by atoms with Crippen molar-refractivity contribution >= 4 is 11.8 Å². The lowest BCUT2D eigenvalue weighted by molar-refractivity contribution is 0.521. The van der Waals surface area contributed by atoms with Gasteiger partial charge in [0.2, 0.25) is 0 Å². The number of aryl methyl sites for hydroxylation is 1. The van der Waals surface area contributed by atoms with Crippen molar-refractivity contribution in [2.75, 3.05) is 12.3 Å². The summed E-state index contributed by atoms with van der Waals surface area (Å²) in [5.74, 6) is 4.93. The van der Waals surface area contributed by atoms with Crippen LogP contribution in [0.25, 0.3) is 0 Å². The van der Waals surface area contributed by atoms with E-state index in [-0.39, 0.29) is 0 Å². The standard InChI is InChI=1S/C12H19NOS/c1-9-4-5-14-12(9)8-15-7-11(6-13)10-2-3-10/h4-5,10-11H,2-3,6-8,13H2,1H3. The van der Waals surface area contributed by atoms with Crippen molar-refractivity contribution in [3.63, 3.8) is 0 Å². The van der Waals surface area contributed by atoms with Crippen LogP contribution >= 0.6 is 11.8 Å². The highest BCUT2D eigenvalue weighted by molar-refractivity contribution is 7.98. The number of nitrogens with two attached hydrogens (primary N) is 1. The fourth-order valence-electron chi connectivity index (χ4n) is 1.82. The number of thioether (sulfide) groups is 1. The molecule has 2 rings (SSSR count). The summed E-state index contributed by atoms with van der Waals surface area (Å²) in [6, 6.07) is 2.02. The zero-order valence-corrected chi connectivity index (χ0v) is 10.1. The van der Waals surface area contributed by atoms with Crippen molar-refractivity contribution in [3.05, 3.63) is 23.7 Å². The van der Waals surface area contributed by atoms with E-state index in [1.54, 1.807) is 6.26 Å². The molecule has 2 nitrogen and oxygen atoms in total. The summed E-state index contributed by atoms with van der Waals surface area (Å²) in [6.07, 6.45) is 4.55. The second-order valence-electron chi connectivity index (χ2n) is 4.38. The summed E-state index contributed by atoms with van der Waals surface area (Å²) in [4.78, 5) is 0. The van der Waals surface area contributed by atoms with E-state index in [9.17, 15) is 0 Å². The van der Waals surface area contributed by atoms with Crippen LogP contribution in [0.4, 0.5) is 0 Å². The number of hydrogen-bond donors (Lipinski definition) is 1. The Balaban J connectivity index is 1.72. The van der Waals surface area contributed by atoms with Gasteiger partial charge in [0, 0.05) is 0 Å². The molecule has 1 saturated carbocycles. The Hall–Kier alpha value is -0.410. The molecule has 1 aromatic heterocycles. The van der Waals surface area contributed by atoms with E-state index in [1.165, 1.54) is 24.2 Å². The number of rotatable bonds is 6. The fourth-order valence-corrected chi connectivity index (χ4v) is 3.13. The van der Waals surface area contributed by atoms with Gasteiger partial charge in [0.05, 0.1) is 12.0 Å². The van der Waals surface area contributed by atoms with E-state index in [0.717, 1.165) is 29.9 Å². The Kier molecular flexibility index (Phi) is 3.76. The van der Waals surface area contributed by atoms with Crippen molar-refractivity contribution in [3.8, 4) is 0 Å². The highest BCUT2D eigenvalue weighted by Gasteiger charge is 2.29. The number of hydrogen-bond acceptors (Lipinski definition) is 3. The van der Waals surface area contributed by atoms with Crippen molar-refractivity contribution in [2.24, 2.45) is 17.6 Å². The third kappa shape index (κ3) is 3.02. The molecule has 1 aliphatic rings. The molecule has 0 radical (unpaired) electrons. The first-order chi connectivity index (χ1) is 7.31. The molecule has 1 fully saturated rings. The normalized spacial score (nSPS) is 18.0. The van der Waals surface area contributed by atoms with Crippen LogP contribution in [0.1, 0.15) is 24.2 Å². The van der Waals surface area contributed by atoms with Gasteiger partial charge in [-0.3, -0.25) is 0 Å². The van der Waals surface area contributed by atoms with E-state index in [0.29, 0.717) is 0 Å². The van der Waals surface area contributed by atoms with Crippen molar-refractivity contribution in [2.45, 2.75) is 25.5 Å². The van der Waals surface area contributed by atoms with E-state index in [1.807, 2.05) is 17.8 Å². The smallest absolute Gasteiger partial charge is 0.116 e.